The first kappa shape index (κ1) is 17.8. The highest BCUT2D eigenvalue weighted by atomic mass is 19.1. The Morgan fingerprint density at radius 1 is 1.27 bits per heavy atom. The summed E-state index contributed by atoms with van der Waals surface area (Å²) in [6, 6.07) is 7.89. The van der Waals surface area contributed by atoms with E-state index in [-0.39, 0.29) is 18.1 Å². The molecule has 0 radical (unpaired) electrons. The molecule has 26 heavy (non-hydrogen) atoms. The Labute approximate surface area is 150 Å². The van der Waals surface area contributed by atoms with Crippen LogP contribution >= 0.6 is 0 Å². The number of hydrogen-bond acceptors (Lipinski definition) is 5. The van der Waals surface area contributed by atoms with Crippen LogP contribution in [0.3, 0.4) is 0 Å². The summed E-state index contributed by atoms with van der Waals surface area (Å²) in [6.45, 7) is 4.94. The molecule has 0 bridgehead atoms. The second kappa shape index (κ2) is 7.90. The minimum absolute atomic E-state index is 0.136. The van der Waals surface area contributed by atoms with Gasteiger partial charge in [0.1, 0.15) is 11.5 Å². The second-order valence-electron chi connectivity index (χ2n) is 5.89. The largest absolute Gasteiger partial charge is 0.419 e. The van der Waals surface area contributed by atoms with Gasteiger partial charge in [-0.1, -0.05) is 12.1 Å². The fourth-order valence-electron chi connectivity index (χ4n) is 2.53. The van der Waals surface area contributed by atoms with Gasteiger partial charge < -0.3 is 9.73 Å². The molecule has 1 N–H and O–H groups in total. The lowest BCUT2D eigenvalue weighted by Crippen LogP contribution is -2.23. The van der Waals surface area contributed by atoms with E-state index in [1.165, 1.54) is 12.1 Å². The van der Waals surface area contributed by atoms with Crippen molar-refractivity contribution in [3.63, 3.8) is 0 Å². The lowest BCUT2D eigenvalue weighted by Gasteiger charge is -2.04. The van der Waals surface area contributed by atoms with Crippen LogP contribution in [0, 0.1) is 12.7 Å². The first-order valence-electron chi connectivity index (χ1n) is 8.43. The maximum Gasteiger partial charge on any atom is 0.265 e. The van der Waals surface area contributed by atoms with Gasteiger partial charge in [0.25, 0.3) is 5.89 Å². The average molecular weight is 357 g/mol. The number of benzene rings is 1. The van der Waals surface area contributed by atoms with Gasteiger partial charge in [-0.15, -0.1) is 10.2 Å². The van der Waals surface area contributed by atoms with Crippen LogP contribution in [0.15, 0.2) is 34.7 Å². The molecule has 2 aromatic heterocycles. The van der Waals surface area contributed by atoms with E-state index in [2.05, 4.69) is 20.6 Å². The molecule has 0 fully saturated rings. The monoisotopic (exact) mass is 357 g/mol. The molecule has 1 amide bonds. The third-order valence-electron chi connectivity index (χ3n) is 3.86. The molecule has 0 saturated carbocycles. The van der Waals surface area contributed by atoms with E-state index in [0.29, 0.717) is 31.3 Å². The zero-order valence-corrected chi connectivity index (χ0v) is 14.7. The number of nitrogens with one attached hydrogen (secondary N) is 1. The predicted octanol–water partition coefficient (Wildman–Crippen LogP) is 2.65. The Morgan fingerprint density at radius 3 is 2.77 bits per heavy atom. The minimum atomic E-state index is -0.299. The minimum Gasteiger partial charge on any atom is -0.419 e. The number of nitrogens with zero attached hydrogens (tertiary/aromatic N) is 4. The van der Waals surface area contributed by atoms with Crippen LogP contribution in [-0.2, 0) is 24.3 Å². The molecule has 8 heteroatoms. The molecule has 0 atom stereocenters. The smallest absolute Gasteiger partial charge is 0.265 e. The Kier molecular flexibility index (Phi) is 5.40. The zero-order valence-electron chi connectivity index (χ0n) is 14.7. The fourth-order valence-corrected chi connectivity index (χ4v) is 2.53. The maximum atomic E-state index is 12.9. The molecule has 0 spiro atoms. The van der Waals surface area contributed by atoms with Crippen LogP contribution in [0.1, 0.15) is 30.5 Å². The molecule has 2 heterocycles. The van der Waals surface area contributed by atoms with Gasteiger partial charge in [0.2, 0.25) is 11.8 Å². The molecule has 0 unspecified atom stereocenters. The Morgan fingerprint density at radius 2 is 2.04 bits per heavy atom. The van der Waals surface area contributed by atoms with Crippen molar-refractivity contribution in [2.75, 3.05) is 0 Å². The lowest BCUT2D eigenvalue weighted by molar-refractivity contribution is -0.121. The van der Waals surface area contributed by atoms with E-state index < -0.39 is 0 Å². The number of carbonyl (C=O) groups excluding carboxylic acids is 1. The number of rotatable bonds is 7. The van der Waals surface area contributed by atoms with Crippen molar-refractivity contribution in [3.8, 4) is 11.6 Å². The Bertz CT molecular complexity index is 885. The highest BCUT2D eigenvalue weighted by molar-refractivity contribution is 5.76. The number of aryl methyl sites for hydroxylation is 3. The van der Waals surface area contributed by atoms with Crippen molar-refractivity contribution in [3.05, 3.63) is 53.3 Å². The van der Waals surface area contributed by atoms with Crippen LogP contribution in [0.2, 0.25) is 0 Å². The Hall–Kier alpha value is -3.03. The van der Waals surface area contributed by atoms with Crippen molar-refractivity contribution in [1.82, 2.24) is 25.3 Å². The van der Waals surface area contributed by atoms with Gasteiger partial charge in [0.05, 0.1) is 5.69 Å². The summed E-state index contributed by atoms with van der Waals surface area (Å²) in [7, 11) is 0. The summed E-state index contributed by atoms with van der Waals surface area (Å²) in [5.41, 5.74) is 2.48. The van der Waals surface area contributed by atoms with Crippen LogP contribution in [0.4, 0.5) is 4.39 Å². The Balaban J connectivity index is 1.52. The van der Waals surface area contributed by atoms with Crippen LogP contribution in [0.5, 0.6) is 0 Å². The highest BCUT2D eigenvalue weighted by Crippen LogP contribution is 2.19. The van der Waals surface area contributed by atoms with Gasteiger partial charge in [0.15, 0.2) is 0 Å². The number of hydrogen-bond donors (Lipinski definition) is 1. The zero-order chi connectivity index (χ0) is 18.5. The lowest BCUT2D eigenvalue weighted by atomic mass is 10.2. The summed E-state index contributed by atoms with van der Waals surface area (Å²) >= 11 is 0. The standard InChI is InChI=1S/C18H20FN5O2/c1-3-24-15(10-12(2)23-24)18-22-21-17(26-18)9-8-16(25)20-11-13-4-6-14(19)7-5-13/h4-7,10H,3,8-9,11H2,1-2H3,(H,20,25). The SMILES string of the molecule is CCn1nc(C)cc1-c1nnc(CCC(=O)NCc2ccc(F)cc2)o1. The number of aromatic nitrogens is 4. The highest BCUT2D eigenvalue weighted by Gasteiger charge is 2.15. The number of carbonyl (C=O) groups is 1. The third-order valence-corrected chi connectivity index (χ3v) is 3.86. The van der Waals surface area contributed by atoms with Gasteiger partial charge in [-0.05, 0) is 37.6 Å². The van der Waals surface area contributed by atoms with E-state index in [9.17, 15) is 9.18 Å². The summed E-state index contributed by atoms with van der Waals surface area (Å²) in [5.74, 6) is 0.364. The van der Waals surface area contributed by atoms with Crippen molar-refractivity contribution < 1.29 is 13.6 Å². The first-order chi connectivity index (χ1) is 12.5. The van der Waals surface area contributed by atoms with Crippen LogP contribution in [0.25, 0.3) is 11.6 Å². The van der Waals surface area contributed by atoms with E-state index in [1.54, 1.807) is 16.8 Å². The van der Waals surface area contributed by atoms with E-state index in [4.69, 9.17) is 4.42 Å². The summed E-state index contributed by atoms with van der Waals surface area (Å²) < 4.78 is 20.3. The molecule has 7 nitrogen and oxygen atoms in total. The van der Waals surface area contributed by atoms with Gasteiger partial charge in [0, 0.05) is 25.9 Å². The fraction of sp³-hybridized carbons (Fsp3) is 0.333. The first-order valence-corrected chi connectivity index (χ1v) is 8.43. The van der Waals surface area contributed by atoms with Crippen molar-refractivity contribution in [2.45, 2.75) is 39.8 Å². The molecule has 3 aromatic rings. The molecule has 0 saturated heterocycles. The van der Waals surface area contributed by atoms with Crippen molar-refractivity contribution in [1.29, 1.82) is 0 Å². The van der Waals surface area contributed by atoms with E-state index in [1.807, 2.05) is 19.9 Å². The molecule has 0 aliphatic carbocycles. The predicted molar refractivity (Wildman–Crippen MR) is 92.5 cm³/mol. The molecule has 0 aliphatic rings. The summed E-state index contributed by atoms with van der Waals surface area (Å²) in [6.07, 6.45) is 0.580. The van der Waals surface area contributed by atoms with Crippen molar-refractivity contribution >= 4 is 5.91 Å². The quantitative estimate of drug-likeness (QED) is 0.702. The number of halogens is 1. The van der Waals surface area contributed by atoms with Gasteiger partial charge >= 0.3 is 0 Å². The second-order valence-corrected chi connectivity index (χ2v) is 5.89. The molecule has 136 valence electrons. The molecular formula is C18H20FN5O2. The van der Waals surface area contributed by atoms with E-state index >= 15 is 0 Å². The maximum absolute atomic E-state index is 12.9. The number of amides is 1. The van der Waals surface area contributed by atoms with E-state index in [0.717, 1.165) is 17.0 Å². The summed E-state index contributed by atoms with van der Waals surface area (Å²) in [4.78, 5) is 11.9. The molecule has 3 rings (SSSR count). The van der Waals surface area contributed by atoms with Gasteiger partial charge in [-0.25, -0.2) is 4.39 Å². The van der Waals surface area contributed by atoms with Crippen molar-refractivity contribution in [2.24, 2.45) is 0 Å². The van der Waals surface area contributed by atoms with Gasteiger partial charge in [-0.2, -0.15) is 5.10 Å². The molecular weight excluding hydrogens is 337 g/mol. The third kappa shape index (κ3) is 4.33. The molecule has 0 aliphatic heterocycles. The molecule has 1 aromatic carbocycles. The normalized spacial score (nSPS) is 10.9. The average Bonchev–Trinajstić information content (AvgIpc) is 3.25. The summed E-state index contributed by atoms with van der Waals surface area (Å²) in [5, 5.41) is 15.2. The van der Waals surface area contributed by atoms with Crippen LogP contribution in [-0.4, -0.2) is 25.9 Å². The van der Waals surface area contributed by atoms with Crippen LogP contribution < -0.4 is 5.32 Å². The topological polar surface area (TPSA) is 85.8 Å². The van der Waals surface area contributed by atoms with Gasteiger partial charge in [-0.3, -0.25) is 9.48 Å².